The minimum Gasteiger partial charge on any atom is -0.382 e. The minimum atomic E-state index is -0.596. The van der Waals surface area contributed by atoms with E-state index in [0.717, 1.165) is 11.2 Å². The van der Waals surface area contributed by atoms with Crippen LogP contribution in [0.1, 0.15) is 6.42 Å². The van der Waals surface area contributed by atoms with Gasteiger partial charge in [0.2, 0.25) is 11.8 Å². The summed E-state index contributed by atoms with van der Waals surface area (Å²) in [7, 11) is 0. The van der Waals surface area contributed by atoms with E-state index in [0.29, 0.717) is 0 Å². The molecule has 1 fully saturated rings. The third-order valence-electron chi connectivity index (χ3n) is 2.65. The van der Waals surface area contributed by atoms with Gasteiger partial charge in [-0.05, 0) is 0 Å². The van der Waals surface area contributed by atoms with Gasteiger partial charge in [0.1, 0.15) is 0 Å². The van der Waals surface area contributed by atoms with Gasteiger partial charge in [0, 0.05) is 13.0 Å². The number of nitrogens with two attached hydrogens (primary N) is 2. The molecular formula is C9H11N5O3. The van der Waals surface area contributed by atoms with Gasteiger partial charge in [0.15, 0.2) is 11.5 Å². The molecular weight excluding hydrogens is 226 g/mol. The molecule has 5 N–H and O–H groups in total. The lowest BCUT2D eigenvalue weighted by Gasteiger charge is -2.15. The molecule has 0 aromatic carbocycles. The van der Waals surface area contributed by atoms with Gasteiger partial charge in [0.25, 0.3) is 5.56 Å². The average molecular weight is 237 g/mol. The van der Waals surface area contributed by atoms with Crippen molar-refractivity contribution in [1.29, 1.82) is 0 Å². The number of hydrogen-bond donors (Lipinski definition) is 3. The molecule has 90 valence electrons. The van der Waals surface area contributed by atoms with Crippen LogP contribution in [0.3, 0.4) is 0 Å². The van der Waals surface area contributed by atoms with E-state index in [1.54, 1.807) is 0 Å². The van der Waals surface area contributed by atoms with Crippen molar-refractivity contribution in [1.82, 2.24) is 9.97 Å². The van der Waals surface area contributed by atoms with Crippen LogP contribution in [0.4, 0.5) is 11.5 Å². The second-order valence-corrected chi connectivity index (χ2v) is 3.77. The second kappa shape index (κ2) is 3.89. The maximum atomic E-state index is 11.7. The number of nitrogens with one attached hydrogen (secondary N) is 1. The Balaban J connectivity index is 2.39. The van der Waals surface area contributed by atoms with Crippen molar-refractivity contribution in [2.24, 2.45) is 11.7 Å². The first-order valence-electron chi connectivity index (χ1n) is 4.93. The van der Waals surface area contributed by atoms with Crippen LogP contribution < -0.4 is 21.9 Å². The monoisotopic (exact) mass is 237 g/mol. The first-order chi connectivity index (χ1) is 8.00. The first kappa shape index (κ1) is 11.1. The normalized spacial score (nSPS) is 19.6. The molecule has 8 heteroatoms. The molecule has 1 atom stereocenters. The number of rotatable bonds is 2. The molecule has 1 aliphatic heterocycles. The van der Waals surface area contributed by atoms with Gasteiger partial charge < -0.3 is 21.4 Å². The quantitative estimate of drug-likeness (QED) is 0.557. The smallest absolute Gasteiger partial charge is 0.276 e. The van der Waals surface area contributed by atoms with Crippen LogP contribution in [0.2, 0.25) is 0 Å². The molecule has 8 nitrogen and oxygen atoms in total. The average Bonchev–Trinajstić information content (AvgIpc) is 2.61. The number of amides is 2. The molecule has 1 aliphatic rings. The van der Waals surface area contributed by atoms with Crippen molar-refractivity contribution in [2.75, 3.05) is 17.2 Å². The fourth-order valence-corrected chi connectivity index (χ4v) is 1.78. The van der Waals surface area contributed by atoms with E-state index in [-0.39, 0.29) is 30.4 Å². The van der Waals surface area contributed by atoms with E-state index >= 15 is 0 Å². The lowest BCUT2D eigenvalue weighted by Crippen LogP contribution is -2.33. The van der Waals surface area contributed by atoms with E-state index in [9.17, 15) is 14.4 Å². The van der Waals surface area contributed by atoms with Crippen LogP contribution in [-0.2, 0) is 9.59 Å². The Hall–Kier alpha value is -2.38. The lowest BCUT2D eigenvalue weighted by molar-refractivity contribution is -0.123. The van der Waals surface area contributed by atoms with Crippen molar-refractivity contribution in [3.63, 3.8) is 0 Å². The highest BCUT2D eigenvalue weighted by Crippen LogP contribution is 2.24. The van der Waals surface area contributed by atoms with Gasteiger partial charge in [-0.25, -0.2) is 4.98 Å². The Morgan fingerprint density at radius 2 is 2.24 bits per heavy atom. The maximum absolute atomic E-state index is 11.7. The van der Waals surface area contributed by atoms with Gasteiger partial charge in [-0.2, -0.15) is 0 Å². The number of nitrogen functional groups attached to an aromatic ring is 1. The Kier molecular flexibility index (Phi) is 2.54. The van der Waals surface area contributed by atoms with Crippen LogP contribution in [0.25, 0.3) is 0 Å². The van der Waals surface area contributed by atoms with E-state index in [1.165, 1.54) is 0 Å². The van der Waals surface area contributed by atoms with Crippen molar-refractivity contribution in [3.05, 3.63) is 16.7 Å². The SMILES string of the molecule is NC(=O)C1CC(=O)N(c2c(N)nc[nH]c2=O)C1. The van der Waals surface area contributed by atoms with E-state index in [4.69, 9.17) is 11.5 Å². The Morgan fingerprint density at radius 3 is 2.76 bits per heavy atom. The zero-order chi connectivity index (χ0) is 12.6. The minimum absolute atomic E-state index is 0.0108. The zero-order valence-electron chi connectivity index (χ0n) is 8.84. The fourth-order valence-electron chi connectivity index (χ4n) is 1.78. The highest BCUT2D eigenvalue weighted by Gasteiger charge is 2.36. The van der Waals surface area contributed by atoms with E-state index < -0.39 is 17.4 Å². The van der Waals surface area contributed by atoms with Gasteiger partial charge in [-0.1, -0.05) is 0 Å². The van der Waals surface area contributed by atoms with Gasteiger partial charge in [-0.15, -0.1) is 0 Å². The molecule has 2 rings (SSSR count). The zero-order valence-corrected chi connectivity index (χ0v) is 8.84. The molecule has 17 heavy (non-hydrogen) atoms. The number of carbonyl (C=O) groups excluding carboxylic acids is 2. The molecule has 0 radical (unpaired) electrons. The van der Waals surface area contributed by atoms with Crippen molar-refractivity contribution in [3.8, 4) is 0 Å². The van der Waals surface area contributed by atoms with Crippen LogP contribution in [0.15, 0.2) is 11.1 Å². The van der Waals surface area contributed by atoms with Gasteiger partial charge in [-0.3, -0.25) is 14.4 Å². The predicted molar refractivity (Wildman–Crippen MR) is 58.9 cm³/mol. The summed E-state index contributed by atoms with van der Waals surface area (Å²) in [5.74, 6) is -1.58. The number of nitrogens with zero attached hydrogens (tertiary/aromatic N) is 2. The van der Waals surface area contributed by atoms with E-state index in [1.807, 2.05) is 0 Å². The summed E-state index contributed by atoms with van der Waals surface area (Å²) in [6.07, 6.45) is 1.14. The van der Waals surface area contributed by atoms with Gasteiger partial charge in [0.05, 0.1) is 12.2 Å². The standard InChI is InChI=1S/C9H11N5O3/c10-7-6(9(17)13-3-12-7)14-2-4(8(11)16)1-5(14)15/h3-4H,1-2H2,(H2,11,16)(H3,10,12,13,17). The summed E-state index contributed by atoms with van der Waals surface area (Å²) < 4.78 is 0. The number of carbonyl (C=O) groups is 2. The summed E-state index contributed by atoms with van der Waals surface area (Å²) >= 11 is 0. The molecule has 2 amide bonds. The third-order valence-corrected chi connectivity index (χ3v) is 2.65. The summed E-state index contributed by atoms with van der Waals surface area (Å²) in [5, 5.41) is 0. The second-order valence-electron chi connectivity index (χ2n) is 3.77. The molecule has 1 aromatic heterocycles. The Labute approximate surface area is 95.6 Å². The molecule has 0 spiro atoms. The fraction of sp³-hybridized carbons (Fsp3) is 0.333. The third kappa shape index (κ3) is 1.84. The predicted octanol–water partition coefficient (Wildman–Crippen LogP) is -1.81. The summed E-state index contributed by atoms with van der Waals surface area (Å²) in [5.41, 5.74) is 10.1. The van der Waals surface area contributed by atoms with Crippen LogP contribution in [0, 0.1) is 5.92 Å². The highest BCUT2D eigenvalue weighted by atomic mass is 16.2. The molecule has 0 aliphatic carbocycles. The summed E-state index contributed by atoms with van der Waals surface area (Å²) in [6.45, 7) is 0.0626. The number of aromatic amines is 1. The Morgan fingerprint density at radius 1 is 1.53 bits per heavy atom. The van der Waals surface area contributed by atoms with Crippen LogP contribution in [-0.4, -0.2) is 28.3 Å². The van der Waals surface area contributed by atoms with Crippen LogP contribution in [0.5, 0.6) is 0 Å². The number of aromatic nitrogens is 2. The molecule has 2 heterocycles. The van der Waals surface area contributed by atoms with Crippen molar-refractivity contribution >= 4 is 23.3 Å². The maximum Gasteiger partial charge on any atom is 0.276 e. The van der Waals surface area contributed by atoms with Crippen molar-refractivity contribution in [2.45, 2.75) is 6.42 Å². The number of H-pyrrole nitrogens is 1. The molecule has 0 bridgehead atoms. The largest absolute Gasteiger partial charge is 0.382 e. The summed E-state index contributed by atoms with van der Waals surface area (Å²) in [6, 6.07) is 0. The number of primary amides is 1. The van der Waals surface area contributed by atoms with Gasteiger partial charge >= 0.3 is 0 Å². The molecule has 1 aromatic rings. The lowest BCUT2D eigenvalue weighted by atomic mass is 10.1. The summed E-state index contributed by atoms with van der Waals surface area (Å²) in [4.78, 5) is 41.4. The van der Waals surface area contributed by atoms with Crippen molar-refractivity contribution < 1.29 is 9.59 Å². The molecule has 1 saturated heterocycles. The first-order valence-corrected chi connectivity index (χ1v) is 4.93. The molecule has 0 saturated carbocycles. The topological polar surface area (TPSA) is 135 Å². The number of anilines is 2. The Bertz CT molecular complexity index is 538. The highest BCUT2D eigenvalue weighted by molar-refractivity contribution is 6.01. The van der Waals surface area contributed by atoms with E-state index in [2.05, 4.69) is 9.97 Å². The number of hydrogen-bond acceptors (Lipinski definition) is 5. The van der Waals surface area contributed by atoms with Crippen LogP contribution >= 0.6 is 0 Å². The molecule has 1 unspecified atom stereocenters.